The molecule has 1 aromatic heterocycles. The number of nitrogens with zero attached hydrogens (tertiary/aromatic N) is 5. The monoisotopic (exact) mass is 1370 g/mol. The first kappa shape index (κ1) is 77.3. The van der Waals surface area contributed by atoms with Crippen molar-refractivity contribution in [1.82, 2.24) is 9.38 Å². The Morgan fingerprint density at radius 1 is 0.400 bits per heavy atom. The van der Waals surface area contributed by atoms with Crippen molar-refractivity contribution < 1.29 is 14.2 Å². The van der Waals surface area contributed by atoms with Crippen molar-refractivity contribution in [3.63, 3.8) is 0 Å². The number of aliphatic imine (C=N–C) groups is 2. The molecule has 0 amide bonds. The van der Waals surface area contributed by atoms with Gasteiger partial charge in [-0.05, 0) is 153 Å². The topological polar surface area (TPSA) is 96.8 Å². The summed E-state index contributed by atoms with van der Waals surface area (Å²) >= 11 is 7.62. The van der Waals surface area contributed by atoms with Crippen LogP contribution in [0.4, 0.5) is 5.82 Å². The van der Waals surface area contributed by atoms with E-state index in [1.807, 2.05) is 84.1 Å². The Bertz CT molecular complexity index is 3680. The third-order valence-electron chi connectivity index (χ3n) is 20.6. The van der Waals surface area contributed by atoms with Crippen molar-refractivity contribution in [3.05, 3.63) is 173 Å². The lowest BCUT2D eigenvalue weighted by atomic mass is 10.0. The zero-order chi connectivity index (χ0) is 69.8. The molecule has 6 aromatic carbocycles. The highest BCUT2D eigenvalue weighted by Crippen LogP contribution is 2.38. The lowest BCUT2D eigenvalue weighted by Gasteiger charge is -2.16. The van der Waals surface area contributed by atoms with E-state index in [1.54, 1.807) is 0 Å². The van der Waals surface area contributed by atoms with Crippen LogP contribution in [0.2, 0.25) is 0 Å². The average Bonchev–Trinajstić information content (AvgIpc) is 1.60. The van der Waals surface area contributed by atoms with Gasteiger partial charge in [0.2, 0.25) is 0 Å². The summed E-state index contributed by atoms with van der Waals surface area (Å²) in [5.41, 5.74) is 7.68. The summed E-state index contributed by atoms with van der Waals surface area (Å²) in [4.78, 5) is 18.0. The van der Waals surface area contributed by atoms with Crippen LogP contribution in [-0.4, -0.2) is 46.0 Å². The fourth-order valence-electron chi connectivity index (χ4n) is 14.6. The van der Waals surface area contributed by atoms with Crippen molar-refractivity contribution >= 4 is 57.7 Å². The molecule has 0 radical (unpaired) electrons. The molecule has 0 fully saturated rings. The summed E-state index contributed by atoms with van der Waals surface area (Å²) in [5.74, 6) is 6.37. The van der Waals surface area contributed by atoms with E-state index in [-0.39, 0.29) is 0 Å². The Kier molecular flexibility index (Phi) is 33.8. The first-order valence-corrected chi connectivity index (χ1v) is 40.5. The van der Waals surface area contributed by atoms with Gasteiger partial charge in [-0.15, -0.1) is 11.5 Å². The number of rotatable bonds is 48. The normalized spacial score (nSPS) is 14.3. The number of benzene rings is 6. The highest BCUT2D eigenvalue weighted by atomic mass is 35.5. The van der Waals surface area contributed by atoms with Gasteiger partial charge >= 0.3 is 6.40 Å². The molecule has 9 rings (SSSR count). The van der Waals surface area contributed by atoms with Gasteiger partial charge in [-0.3, -0.25) is 10.3 Å². The maximum Gasteiger partial charge on any atom is 0.511 e. The molecule has 0 aliphatic carbocycles. The van der Waals surface area contributed by atoms with E-state index in [0.717, 1.165) is 81.9 Å². The van der Waals surface area contributed by atoms with Crippen molar-refractivity contribution in [2.45, 2.75) is 297 Å². The molecule has 2 aliphatic heterocycles. The molecule has 100 heavy (non-hydrogen) atoms. The molecule has 9 nitrogen and oxygen atoms in total. The molecule has 0 atom stereocenters. The van der Waals surface area contributed by atoms with Crippen LogP contribution in [0.15, 0.2) is 148 Å². The first-order chi connectivity index (χ1) is 49.2. The average molecular weight is 1370 g/mol. The highest BCUT2D eigenvalue weighted by Gasteiger charge is 2.32. The Morgan fingerprint density at radius 3 is 1.16 bits per heavy atom. The van der Waals surface area contributed by atoms with Gasteiger partial charge in [0.05, 0.1) is 0 Å². The molecule has 536 valence electrons. The minimum atomic E-state index is -0.955. The molecule has 1 N–H and O–H groups in total. The molecule has 3 heterocycles. The molecule has 0 bridgehead atoms. The second kappa shape index (κ2) is 43.8. The number of hydrogen-bond acceptors (Lipinski definition) is 7. The van der Waals surface area contributed by atoms with E-state index >= 15 is 0 Å². The summed E-state index contributed by atoms with van der Waals surface area (Å²) in [6, 6.07) is 43.8. The van der Waals surface area contributed by atoms with Gasteiger partial charge in [0, 0.05) is 52.0 Å². The smallest absolute Gasteiger partial charge is 0.457 e. The number of hydrogen-bond donors (Lipinski definition) is 1. The van der Waals surface area contributed by atoms with E-state index in [2.05, 4.69) is 93.6 Å². The van der Waals surface area contributed by atoms with Gasteiger partial charge in [-0.25, -0.2) is 9.98 Å². The fraction of sp³-hybridized carbons (Fsp3) is 0.528. The molecule has 0 saturated carbocycles. The Labute approximate surface area is 609 Å². The molecular formula is C89H122BClN6O3. The third-order valence-corrected chi connectivity index (χ3v) is 20.9. The van der Waals surface area contributed by atoms with E-state index in [1.165, 1.54) is 261 Å². The highest BCUT2D eigenvalue weighted by molar-refractivity contribution is 7.05. The summed E-state index contributed by atoms with van der Waals surface area (Å²) in [6.45, 7) is 8.91. The van der Waals surface area contributed by atoms with Gasteiger partial charge in [0.25, 0.3) is 0 Å². The standard InChI is InChI=1S/C89H122BClN6O3/c1-6-9-12-15-18-21-24-27-30-33-36-39-42-48-71-51-45-54-75(63-71)98-78-58-57-74-69-97-89(83(74)66-78)93-70(4)81-61-59-80(100-77-56-47-53-73(65-77)50-44-41-38-35-32-29-26-23-20-17-14-11-8-3)68-85(81)87(95-90(97)91)94-88-82-62-60-79(67-84(82)86(92)96(88)5)99-76-55-46-52-72(64-76)49-43-40-37-34-31-28-25-22-19-16-13-10-7-2/h45-47,51-69,92H,6-44,48-50H2,1-5H3/b92-86?,93-70+,94-88-,95-87-. The Morgan fingerprint density at radius 2 is 0.750 bits per heavy atom. The van der Waals surface area contributed by atoms with E-state index in [4.69, 9.17) is 40.6 Å². The molecule has 0 spiro atoms. The van der Waals surface area contributed by atoms with Gasteiger partial charge in [-0.2, -0.15) is 0 Å². The number of ether oxygens (including phenoxy) is 3. The van der Waals surface area contributed by atoms with Crippen LogP contribution in [-0.2, 0) is 19.3 Å². The zero-order valence-electron chi connectivity index (χ0n) is 62.3. The van der Waals surface area contributed by atoms with E-state index in [9.17, 15) is 5.41 Å². The van der Waals surface area contributed by atoms with Crippen molar-refractivity contribution in [2.75, 3.05) is 7.05 Å². The number of nitrogens with one attached hydrogen (secondary N) is 1. The summed E-state index contributed by atoms with van der Waals surface area (Å²) in [5, 5.41) is 11.4. The van der Waals surface area contributed by atoms with Crippen LogP contribution < -0.4 is 14.2 Å². The zero-order valence-corrected chi connectivity index (χ0v) is 63.1. The van der Waals surface area contributed by atoms with Crippen molar-refractivity contribution in [2.24, 2.45) is 14.9 Å². The number of aromatic nitrogens is 1. The molecule has 2 aliphatic rings. The maximum atomic E-state index is 9.53. The van der Waals surface area contributed by atoms with Gasteiger partial charge in [0.1, 0.15) is 57.8 Å². The number of fused-ring (bicyclic) bond motifs is 5. The first-order valence-electron chi connectivity index (χ1n) is 40.1. The van der Waals surface area contributed by atoms with Crippen molar-refractivity contribution in [3.8, 4) is 34.5 Å². The van der Waals surface area contributed by atoms with Crippen LogP contribution in [0.25, 0.3) is 10.8 Å². The van der Waals surface area contributed by atoms with E-state index in [0.29, 0.717) is 40.4 Å². The second-order valence-corrected chi connectivity index (χ2v) is 29.4. The largest absolute Gasteiger partial charge is 0.511 e. The van der Waals surface area contributed by atoms with Crippen molar-refractivity contribution in [1.29, 1.82) is 5.41 Å². The third kappa shape index (κ3) is 25.3. The summed E-state index contributed by atoms with van der Waals surface area (Å²) in [7, 11) is 1.89. The Hall–Kier alpha value is -6.91. The lowest BCUT2D eigenvalue weighted by Crippen LogP contribution is -2.27. The predicted molar refractivity (Wildman–Crippen MR) is 429 cm³/mol. The Balaban J connectivity index is 0.894. The van der Waals surface area contributed by atoms with Crippen LogP contribution in [0.3, 0.4) is 0 Å². The molecule has 0 unspecified atom stereocenters. The minimum absolute atomic E-state index is 0.314. The number of halogens is 1. The van der Waals surface area contributed by atoms with Gasteiger partial charge in [-0.1, -0.05) is 288 Å². The van der Waals surface area contributed by atoms with Crippen LogP contribution in [0.5, 0.6) is 34.5 Å². The van der Waals surface area contributed by atoms with Crippen LogP contribution in [0, 0.1) is 5.41 Å². The molecular weight excluding hydrogens is 1250 g/mol. The van der Waals surface area contributed by atoms with Crippen LogP contribution in [0.1, 0.15) is 317 Å². The van der Waals surface area contributed by atoms with E-state index < -0.39 is 6.40 Å². The predicted octanol–water partition coefficient (Wildman–Crippen LogP) is 27.6. The maximum absolute atomic E-state index is 9.53. The molecule has 11 heteroatoms. The fourth-order valence-corrected chi connectivity index (χ4v) is 14.8. The SMILES string of the molecule is CCCCCCCCCCCCCCCc1cccc(Oc2ccc3c(c2)C(=N)N(C)/C3=N\C2=N/B(Cl)n3cc4ccc(Oc5cccc(CCCCCCCCCCCCCCC)c5)cc4c3/N=C(\C)c3ccc(Oc4cccc(CCCCCCCCCCCCCCC)c4)cc32)c1. The lowest BCUT2D eigenvalue weighted by molar-refractivity contribution is 0.481. The van der Waals surface area contributed by atoms with Crippen LogP contribution >= 0.6 is 11.5 Å². The quantitative estimate of drug-likeness (QED) is 0.0304. The number of unbranched alkanes of at least 4 members (excludes halogenated alkanes) is 36. The molecule has 7 aromatic rings. The minimum Gasteiger partial charge on any atom is -0.457 e. The van der Waals surface area contributed by atoms with Gasteiger partial charge < -0.3 is 23.6 Å². The van der Waals surface area contributed by atoms with Gasteiger partial charge in [0.15, 0.2) is 0 Å². The number of aryl methyl sites for hydroxylation is 3. The second-order valence-electron chi connectivity index (χ2n) is 29.1. The summed E-state index contributed by atoms with van der Waals surface area (Å²) < 4.78 is 22.0. The number of amidine groups is 3. The molecule has 0 saturated heterocycles. The summed E-state index contributed by atoms with van der Waals surface area (Å²) in [6.07, 6.45) is 56.6.